The number of nitrogens with zero attached hydrogens (tertiary/aromatic N) is 2. The maximum Gasteiger partial charge on any atom is 0.272 e. The van der Waals surface area contributed by atoms with Crippen LogP contribution in [0.1, 0.15) is 23.3 Å². The van der Waals surface area contributed by atoms with Crippen LogP contribution in [0.5, 0.6) is 0 Å². The largest absolute Gasteiger partial charge is 0.350 e. The van der Waals surface area contributed by atoms with E-state index in [1.54, 1.807) is 0 Å². The molecule has 1 saturated heterocycles. The molecule has 1 aliphatic rings. The number of amides is 2. The van der Waals surface area contributed by atoms with E-state index in [0.29, 0.717) is 31.1 Å². The summed E-state index contributed by atoms with van der Waals surface area (Å²) >= 11 is 0. The first-order chi connectivity index (χ1) is 11.2. The predicted molar refractivity (Wildman–Crippen MR) is 94.0 cm³/mol. The number of fused-ring (bicyclic) bond motifs is 1. The average molecular weight is 352 g/mol. The minimum absolute atomic E-state index is 0. The van der Waals surface area contributed by atoms with Crippen LogP contribution in [-0.4, -0.2) is 53.1 Å². The lowest BCUT2D eigenvalue weighted by Gasteiger charge is -2.16. The quantitative estimate of drug-likeness (QED) is 0.744. The zero-order valence-corrected chi connectivity index (χ0v) is 14.1. The number of aromatic amines is 1. The fourth-order valence-electron chi connectivity index (χ4n) is 2.91. The maximum atomic E-state index is 12.2. The fraction of sp³-hybridized carbons (Fsp3) is 0.438. The molecule has 0 aliphatic carbocycles. The normalized spacial score (nSPS) is 16.9. The maximum absolute atomic E-state index is 12.2. The highest BCUT2D eigenvalue weighted by Gasteiger charge is 2.24. The first-order valence-corrected chi connectivity index (χ1v) is 7.88. The van der Waals surface area contributed by atoms with Crippen LogP contribution >= 0.6 is 12.4 Å². The van der Waals surface area contributed by atoms with Crippen LogP contribution in [0.3, 0.4) is 0 Å². The Morgan fingerprint density at radius 1 is 1.38 bits per heavy atom. The van der Waals surface area contributed by atoms with Crippen molar-refractivity contribution in [1.82, 2.24) is 20.4 Å². The molecule has 1 atom stereocenters. The van der Waals surface area contributed by atoms with E-state index in [-0.39, 0.29) is 24.2 Å². The summed E-state index contributed by atoms with van der Waals surface area (Å²) in [7, 11) is 0. The van der Waals surface area contributed by atoms with E-state index in [2.05, 4.69) is 15.5 Å². The van der Waals surface area contributed by atoms with E-state index in [0.717, 1.165) is 30.4 Å². The number of nitrogens with two attached hydrogens (primary N) is 1. The van der Waals surface area contributed by atoms with Gasteiger partial charge in [-0.1, -0.05) is 18.2 Å². The Morgan fingerprint density at radius 2 is 2.17 bits per heavy atom. The van der Waals surface area contributed by atoms with Crippen LogP contribution in [0, 0.1) is 5.92 Å². The molecule has 2 aromatic rings. The lowest BCUT2D eigenvalue weighted by atomic mass is 10.1. The first-order valence-electron chi connectivity index (χ1n) is 7.88. The fourth-order valence-corrected chi connectivity index (χ4v) is 2.91. The number of para-hydroxylation sites is 1. The van der Waals surface area contributed by atoms with Crippen molar-refractivity contribution in [3.05, 3.63) is 30.0 Å². The molecule has 1 aromatic carbocycles. The minimum atomic E-state index is -0.267. The molecule has 24 heavy (non-hydrogen) atoms. The summed E-state index contributed by atoms with van der Waals surface area (Å²) in [5.74, 6) is 0.202. The zero-order chi connectivity index (χ0) is 16.2. The number of hydrogen-bond donors (Lipinski definition) is 3. The first kappa shape index (κ1) is 18.2. The van der Waals surface area contributed by atoms with Crippen molar-refractivity contribution in [2.24, 2.45) is 11.7 Å². The standard InChI is InChI=1S/C16H21N5O2.ClH/c17-9-11-6-8-21(10-11)14(22)5-7-18-16(23)15-12-3-1-2-4-13(12)19-20-15;/h1-4,11H,5-10,17H2,(H,18,23)(H,19,20);1H. The SMILES string of the molecule is Cl.NCC1CCN(C(=O)CCNC(=O)c2n[nH]c3ccccc23)C1. The van der Waals surface area contributed by atoms with E-state index in [9.17, 15) is 9.59 Å². The second-order valence-corrected chi connectivity index (χ2v) is 5.85. The van der Waals surface area contributed by atoms with E-state index in [4.69, 9.17) is 5.73 Å². The van der Waals surface area contributed by atoms with Gasteiger partial charge < -0.3 is 16.0 Å². The average Bonchev–Trinajstić information content (AvgIpc) is 3.21. The van der Waals surface area contributed by atoms with Crippen molar-refractivity contribution in [2.75, 3.05) is 26.2 Å². The van der Waals surface area contributed by atoms with Crippen LogP contribution < -0.4 is 11.1 Å². The molecule has 1 fully saturated rings. The minimum Gasteiger partial charge on any atom is -0.350 e. The highest BCUT2D eigenvalue weighted by molar-refractivity contribution is 6.04. The van der Waals surface area contributed by atoms with Crippen LogP contribution in [0.15, 0.2) is 24.3 Å². The molecule has 3 rings (SSSR count). The van der Waals surface area contributed by atoms with Crippen LogP contribution in [0.4, 0.5) is 0 Å². The summed E-state index contributed by atoms with van der Waals surface area (Å²) in [5.41, 5.74) is 6.81. The number of benzene rings is 1. The highest BCUT2D eigenvalue weighted by atomic mass is 35.5. The van der Waals surface area contributed by atoms with Gasteiger partial charge in [-0.3, -0.25) is 14.7 Å². The third-order valence-corrected chi connectivity index (χ3v) is 4.28. The Morgan fingerprint density at radius 3 is 2.92 bits per heavy atom. The molecule has 7 nitrogen and oxygen atoms in total. The second kappa shape index (κ2) is 8.12. The lowest BCUT2D eigenvalue weighted by molar-refractivity contribution is -0.130. The summed E-state index contributed by atoms with van der Waals surface area (Å²) in [6, 6.07) is 7.45. The number of nitrogens with one attached hydrogen (secondary N) is 2. The second-order valence-electron chi connectivity index (χ2n) is 5.85. The van der Waals surface area contributed by atoms with Gasteiger partial charge in [0.25, 0.3) is 5.91 Å². The number of carbonyl (C=O) groups excluding carboxylic acids is 2. The van der Waals surface area contributed by atoms with Crippen LogP contribution in [0.25, 0.3) is 10.9 Å². The summed E-state index contributed by atoms with van der Waals surface area (Å²) in [6.45, 7) is 2.42. The summed E-state index contributed by atoms with van der Waals surface area (Å²) in [4.78, 5) is 26.1. The van der Waals surface area contributed by atoms with Gasteiger partial charge in [-0.05, 0) is 24.9 Å². The van der Waals surface area contributed by atoms with Crippen LogP contribution in [-0.2, 0) is 4.79 Å². The van der Waals surface area contributed by atoms with E-state index < -0.39 is 0 Å². The van der Waals surface area contributed by atoms with Gasteiger partial charge in [-0.15, -0.1) is 12.4 Å². The Kier molecular flexibility index (Phi) is 6.16. The van der Waals surface area contributed by atoms with Crippen molar-refractivity contribution in [3.8, 4) is 0 Å². The Hall–Kier alpha value is -2.12. The topological polar surface area (TPSA) is 104 Å². The third-order valence-electron chi connectivity index (χ3n) is 4.28. The third kappa shape index (κ3) is 3.85. The monoisotopic (exact) mass is 351 g/mol. The number of aromatic nitrogens is 2. The van der Waals surface area contributed by atoms with Gasteiger partial charge in [-0.2, -0.15) is 5.10 Å². The molecule has 2 amide bonds. The molecule has 4 N–H and O–H groups in total. The number of likely N-dealkylation sites (tertiary alicyclic amines) is 1. The van der Waals surface area contributed by atoms with E-state index in [1.807, 2.05) is 29.2 Å². The molecule has 1 unspecified atom stereocenters. The Balaban J connectivity index is 0.00000208. The number of H-pyrrole nitrogens is 1. The molecular formula is C16H22ClN5O2. The van der Waals surface area contributed by atoms with Gasteiger partial charge in [0.2, 0.25) is 5.91 Å². The van der Waals surface area contributed by atoms with Gasteiger partial charge in [0.15, 0.2) is 5.69 Å². The molecule has 0 spiro atoms. The van der Waals surface area contributed by atoms with Gasteiger partial charge >= 0.3 is 0 Å². The number of halogens is 1. The molecule has 8 heteroatoms. The zero-order valence-electron chi connectivity index (χ0n) is 13.3. The molecule has 0 bridgehead atoms. The van der Waals surface area contributed by atoms with Gasteiger partial charge in [-0.25, -0.2) is 0 Å². The number of carbonyl (C=O) groups is 2. The number of hydrogen-bond acceptors (Lipinski definition) is 4. The summed E-state index contributed by atoms with van der Waals surface area (Å²) in [5, 5.41) is 10.4. The van der Waals surface area contributed by atoms with Crippen molar-refractivity contribution in [3.63, 3.8) is 0 Å². The van der Waals surface area contributed by atoms with Gasteiger partial charge in [0.05, 0.1) is 5.52 Å². The molecule has 130 valence electrons. The Bertz CT molecular complexity index is 717. The smallest absolute Gasteiger partial charge is 0.272 e. The van der Waals surface area contributed by atoms with Crippen LogP contribution in [0.2, 0.25) is 0 Å². The molecule has 1 aromatic heterocycles. The van der Waals surface area contributed by atoms with E-state index >= 15 is 0 Å². The molecule has 1 aliphatic heterocycles. The van der Waals surface area contributed by atoms with Crippen molar-refractivity contribution in [2.45, 2.75) is 12.8 Å². The summed E-state index contributed by atoms with van der Waals surface area (Å²) in [6.07, 6.45) is 1.26. The number of rotatable bonds is 5. The van der Waals surface area contributed by atoms with Crippen molar-refractivity contribution < 1.29 is 9.59 Å². The van der Waals surface area contributed by atoms with Crippen molar-refractivity contribution >= 4 is 35.1 Å². The molecular weight excluding hydrogens is 330 g/mol. The Labute approximate surface area is 146 Å². The van der Waals surface area contributed by atoms with Crippen molar-refractivity contribution in [1.29, 1.82) is 0 Å². The highest BCUT2D eigenvalue weighted by Crippen LogP contribution is 2.16. The van der Waals surface area contributed by atoms with Gasteiger partial charge in [0, 0.05) is 31.4 Å². The molecule has 0 saturated carbocycles. The molecule has 2 heterocycles. The van der Waals surface area contributed by atoms with E-state index in [1.165, 1.54) is 0 Å². The molecule has 0 radical (unpaired) electrons. The predicted octanol–water partition coefficient (Wildman–Crippen LogP) is 0.912. The lowest BCUT2D eigenvalue weighted by Crippen LogP contribution is -2.33. The van der Waals surface area contributed by atoms with Gasteiger partial charge in [0.1, 0.15) is 0 Å². The summed E-state index contributed by atoms with van der Waals surface area (Å²) < 4.78 is 0.